The van der Waals surface area contributed by atoms with Gasteiger partial charge in [0, 0.05) is 12.6 Å². The normalized spacial score (nSPS) is 25.3. The number of nitrogens with zero attached hydrogens (tertiary/aromatic N) is 2. The van der Waals surface area contributed by atoms with Gasteiger partial charge in [-0.3, -0.25) is 14.3 Å². The number of hydrogen-bond donors (Lipinski definition) is 3. The maximum atomic E-state index is 11.8. The summed E-state index contributed by atoms with van der Waals surface area (Å²) >= 11 is 0. The fraction of sp³-hybridized carbons (Fsp3) is 0.462. The maximum absolute atomic E-state index is 11.8. The molecule has 1 unspecified atom stereocenters. The van der Waals surface area contributed by atoms with E-state index in [1.807, 2.05) is 6.07 Å². The number of nitrogens with one attached hydrogen (secondary N) is 1. The number of H-pyrrole nitrogens is 1. The zero-order valence-electron chi connectivity index (χ0n) is 11.1. The van der Waals surface area contributed by atoms with Crippen molar-refractivity contribution in [1.29, 1.82) is 5.26 Å². The van der Waals surface area contributed by atoms with Gasteiger partial charge in [-0.2, -0.15) is 5.26 Å². The molecule has 8 nitrogen and oxygen atoms in total. The summed E-state index contributed by atoms with van der Waals surface area (Å²) in [5.74, 6) is 0. The lowest BCUT2D eigenvalue weighted by Gasteiger charge is -2.14. The Hall–Kier alpha value is -2.21. The third-order valence-corrected chi connectivity index (χ3v) is 3.20. The topological polar surface area (TPSA) is 128 Å². The van der Waals surface area contributed by atoms with E-state index in [4.69, 9.17) is 15.1 Å². The van der Waals surface area contributed by atoms with E-state index >= 15 is 0 Å². The maximum Gasteiger partial charge on any atom is 0.330 e. The average molecular weight is 293 g/mol. The summed E-state index contributed by atoms with van der Waals surface area (Å²) in [6.07, 6.45) is 2.13. The van der Waals surface area contributed by atoms with Crippen LogP contribution in [0.3, 0.4) is 0 Å². The molecule has 2 rings (SSSR count). The van der Waals surface area contributed by atoms with Crippen molar-refractivity contribution in [2.24, 2.45) is 0 Å². The van der Waals surface area contributed by atoms with Crippen LogP contribution in [0.1, 0.15) is 24.6 Å². The molecule has 1 saturated heterocycles. The molecule has 0 aliphatic carbocycles. The van der Waals surface area contributed by atoms with Crippen LogP contribution in [0, 0.1) is 11.3 Å². The van der Waals surface area contributed by atoms with Crippen LogP contribution in [-0.2, 0) is 4.74 Å². The first-order chi connectivity index (χ1) is 10.1. The van der Waals surface area contributed by atoms with Crippen LogP contribution in [0.15, 0.2) is 21.9 Å². The zero-order chi connectivity index (χ0) is 15.4. The molecule has 1 aliphatic heterocycles. The van der Waals surface area contributed by atoms with Crippen molar-refractivity contribution in [2.45, 2.75) is 31.3 Å². The largest absolute Gasteiger partial charge is 0.394 e. The van der Waals surface area contributed by atoms with Gasteiger partial charge < -0.3 is 14.9 Å². The highest BCUT2D eigenvalue weighted by Crippen LogP contribution is 2.27. The lowest BCUT2D eigenvalue weighted by Crippen LogP contribution is -2.33. The van der Waals surface area contributed by atoms with E-state index < -0.39 is 29.7 Å². The highest BCUT2D eigenvalue weighted by molar-refractivity contribution is 5.46. The quantitative estimate of drug-likeness (QED) is 0.660. The van der Waals surface area contributed by atoms with Crippen LogP contribution in [0.5, 0.6) is 0 Å². The fourth-order valence-electron chi connectivity index (χ4n) is 2.12. The second-order valence-electron chi connectivity index (χ2n) is 4.63. The number of hydrogen-bond acceptors (Lipinski definition) is 6. The smallest absolute Gasteiger partial charge is 0.330 e. The van der Waals surface area contributed by atoms with E-state index in [2.05, 4.69) is 4.98 Å². The predicted molar refractivity (Wildman–Crippen MR) is 72.2 cm³/mol. The molecule has 3 atom stereocenters. The Balaban J connectivity index is 2.33. The summed E-state index contributed by atoms with van der Waals surface area (Å²) in [7, 11) is 0. The molecule has 0 aromatic carbocycles. The second kappa shape index (κ2) is 6.49. The van der Waals surface area contributed by atoms with E-state index in [1.165, 1.54) is 18.3 Å². The molecular weight excluding hydrogens is 278 g/mol. The number of aromatic amines is 1. The van der Waals surface area contributed by atoms with Gasteiger partial charge in [-0.1, -0.05) is 12.2 Å². The number of rotatable bonds is 4. The van der Waals surface area contributed by atoms with E-state index in [9.17, 15) is 14.7 Å². The minimum Gasteiger partial charge on any atom is -0.394 e. The Labute approximate surface area is 119 Å². The Morgan fingerprint density at radius 2 is 2.33 bits per heavy atom. The number of aliphatic hydroxyl groups is 2. The van der Waals surface area contributed by atoms with Crippen molar-refractivity contribution in [1.82, 2.24) is 9.55 Å². The summed E-state index contributed by atoms with van der Waals surface area (Å²) in [6, 6.07) is 1.90. The first-order valence-electron chi connectivity index (χ1n) is 6.40. The fourth-order valence-corrected chi connectivity index (χ4v) is 2.12. The SMILES string of the molecule is N#CCC=Cc1cn([C@@H]2CC(O)[C@H](CO)O2)c(=O)[nH]c1=O. The Morgan fingerprint density at radius 3 is 2.95 bits per heavy atom. The number of aromatic nitrogens is 2. The van der Waals surface area contributed by atoms with Crippen molar-refractivity contribution in [3.63, 3.8) is 0 Å². The van der Waals surface area contributed by atoms with Crippen molar-refractivity contribution < 1.29 is 14.9 Å². The first kappa shape index (κ1) is 15.2. The van der Waals surface area contributed by atoms with E-state index in [0.717, 1.165) is 4.57 Å². The summed E-state index contributed by atoms with van der Waals surface area (Å²) < 4.78 is 6.53. The minimum atomic E-state index is -0.878. The van der Waals surface area contributed by atoms with Crippen LogP contribution in [0.4, 0.5) is 0 Å². The van der Waals surface area contributed by atoms with Gasteiger partial charge in [0.1, 0.15) is 12.3 Å². The van der Waals surface area contributed by atoms with Crippen LogP contribution in [0.2, 0.25) is 0 Å². The van der Waals surface area contributed by atoms with Crippen molar-refractivity contribution in [2.75, 3.05) is 6.61 Å². The van der Waals surface area contributed by atoms with E-state index in [0.29, 0.717) is 0 Å². The molecule has 2 heterocycles. The standard InChI is InChI=1S/C13H15N3O5/c14-4-2-1-3-8-6-16(13(20)15-12(8)19)11-5-9(18)10(7-17)21-11/h1,3,6,9-11,17-18H,2,5,7H2,(H,15,19,20)/t9?,10-,11-/m0/s1. The minimum absolute atomic E-state index is 0.137. The van der Waals surface area contributed by atoms with E-state index in [-0.39, 0.29) is 25.0 Å². The zero-order valence-corrected chi connectivity index (χ0v) is 11.1. The highest BCUT2D eigenvalue weighted by atomic mass is 16.5. The molecule has 0 spiro atoms. The van der Waals surface area contributed by atoms with Crippen LogP contribution >= 0.6 is 0 Å². The Morgan fingerprint density at radius 1 is 1.57 bits per heavy atom. The number of ether oxygens (including phenoxy) is 1. The first-order valence-corrected chi connectivity index (χ1v) is 6.40. The third-order valence-electron chi connectivity index (χ3n) is 3.20. The molecule has 3 N–H and O–H groups in total. The molecule has 1 aromatic heterocycles. The third kappa shape index (κ3) is 3.28. The van der Waals surface area contributed by atoms with Crippen molar-refractivity contribution in [3.8, 4) is 6.07 Å². The molecule has 0 radical (unpaired) electrons. The number of aliphatic hydroxyl groups excluding tert-OH is 2. The van der Waals surface area contributed by atoms with Gasteiger partial charge in [-0.25, -0.2) is 4.79 Å². The Kier molecular flexibility index (Phi) is 4.70. The molecule has 0 saturated carbocycles. The molecule has 0 bridgehead atoms. The molecule has 1 fully saturated rings. The lowest BCUT2D eigenvalue weighted by atomic mass is 10.2. The van der Waals surface area contributed by atoms with Crippen LogP contribution in [-0.4, -0.2) is 38.6 Å². The monoisotopic (exact) mass is 293 g/mol. The van der Waals surface area contributed by atoms with Crippen LogP contribution < -0.4 is 11.2 Å². The number of allylic oxidation sites excluding steroid dienone is 1. The van der Waals surface area contributed by atoms with Crippen molar-refractivity contribution in [3.05, 3.63) is 38.7 Å². The summed E-state index contributed by atoms with van der Waals surface area (Å²) in [5, 5.41) is 27.2. The van der Waals surface area contributed by atoms with Gasteiger partial charge >= 0.3 is 5.69 Å². The highest BCUT2D eigenvalue weighted by Gasteiger charge is 2.35. The summed E-state index contributed by atoms with van der Waals surface area (Å²) in [5.41, 5.74) is -1.02. The lowest BCUT2D eigenvalue weighted by molar-refractivity contribution is -0.0459. The molecule has 21 heavy (non-hydrogen) atoms. The average Bonchev–Trinajstić information content (AvgIpc) is 2.82. The number of nitriles is 1. The van der Waals surface area contributed by atoms with Crippen LogP contribution in [0.25, 0.3) is 6.08 Å². The molecule has 0 amide bonds. The molecule has 1 aromatic rings. The van der Waals surface area contributed by atoms with Gasteiger partial charge in [0.2, 0.25) is 0 Å². The summed E-state index contributed by atoms with van der Waals surface area (Å²) in [4.78, 5) is 25.6. The molecular formula is C13H15N3O5. The van der Waals surface area contributed by atoms with Crippen molar-refractivity contribution >= 4 is 6.08 Å². The second-order valence-corrected chi connectivity index (χ2v) is 4.63. The molecule has 8 heteroatoms. The van der Waals surface area contributed by atoms with Gasteiger partial charge in [-0.15, -0.1) is 0 Å². The predicted octanol–water partition coefficient (Wildman–Crippen LogP) is -0.896. The van der Waals surface area contributed by atoms with E-state index in [1.54, 1.807) is 0 Å². The van der Waals surface area contributed by atoms with Gasteiger partial charge in [0.25, 0.3) is 5.56 Å². The molecule has 1 aliphatic rings. The van der Waals surface area contributed by atoms with Gasteiger partial charge in [0.15, 0.2) is 0 Å². The summed E-state index contributed by atoms with van der Waals surface area (Å²) in [6.45, 7) is -0.356. The molecule has 112 valence electrons. The van der Waals surface area contributed by atoms with Gasteiger partial charge in [0.05, 0.1) is 30.8 Å². The Bertz CT molecular complexity index is 684. The van der Waals surface area contributed by atoms with Gasteiger partial charge in [-0.05, 0) is 0 Å².